The van der Waals surface area contributed by atoms with Crippen LogP contribution in [0.2, 0.25) is 0 Å². The predicted molar refractivity (Wildman–Crippen MR) is 108 cm³/mol. The van der Waals surface area contributed by atoms with Crippen molar-refractivity contribution in [3.05, 3.63) is 71.8 Å². The molecular weight excluding hydrogens is 398 g/mol. The summed E-state index contributed by atoms with van der Waals surface area (Å²) in [4.78, 5) is 0. The van der Waals surface area contributed by atoms with Crippen molar-refractivity contribution in [3.8, 4) is 11.8 Å². The highest BCUT2D eigenvalue weighted by Gasteiger charge is 2.31. The molecule has 144 valence electrons. The lowest BCUT2D eigenvalue weighted by atomic mass is 9.87. The molecule has 1 aliphatic heterocycles. The molecule has 0 saturated carbocycles. The van der Waals surface area contributed by atoms with Crippen LogP contribution in [0.4, 0.5) is 0 Å². The van der Waals surface area contributed by atoms with E-state index < -0.39 is 5.60 Å². The zero-order valence-corrected chi connectivity index (χ0v) is 17.8. The minimum Gasteiger partial charge on any atom is -1.00 e. The van der Waals surface area contributed by atoms with Gasteiger partial charge in [-0.2, -0.15) is 0 Å². The SMILES string of the molecule is CCC[N+]1(CC#CC(O)(c2ccccc2)c2ccccc2)CCCCC1.[Br-]. The van der Waals surface area contributed by atoms with Crippen LogP contribution in [0.5, 0.6) is 0 Å². The third-order valence-electron chi connectivity index (χ3n) is 5.53. The van der Waals surface area contributed by atoms with E-state index in [1.54, 1.807) is 0 Å². The van der Waals surface area contributed by atoms with Crippen molar-refractivity contribution in [1.29, 1.82) is 0 Å². The fraction of sp³-hybridized carbons (Fsp3) is 0.417. The number of aliphatic hydroxyl groups is 1. The second kappa shape index (κ2) is 10.1. The smallest absolute Gasteiger partial charge is 0.177 e. The van der Waals surface area contributed by atoms with Gasteiger partial charge in [0.2, 0.25) is 0 Å². The van der Waals surface area contributed by atoms with E-state index in [4.69, 9.17) is 0 Å². The molecule has 2 nitrogen and oxygen atoms in total. The summed E-state index contributed by atoms with van der Waals surface area (Å²) in [7, 11) is 0. The summed E-state index contributed by atoms with van der Waals surface area (Å²) in [5.74, 6) is 6.64. The molecule has 1 aliphatic rings. The lowest BCUT2D eigenvalue weighted by Gasteiger charge is -2.40. The maximum atomic E-state index is 11.5. The Hall–Kier alpha value is -1.60. The molecular formula is C24H30BrNO. The van der Waals surface area contributed by atoms with E-state index in [0.29, 0.717) is 0 Å². The van der Waals surface area contributed by atoms with Gasteiger partial charge in [-0.3, -0.25) is 0 Å². The van der Waals surface area contributed by atoms with Crippen LogP contribution in [0.3, 0.4) is 0 Å². The third kappa shape index (κ3) is 5.23. The topological polar surface area (TPSA) is 20.2 Å². The minimum atomic E-state index is -1.26. The Bertz CT molecular complexity index is 697. The van der Waals surface area contributed by atoms with Gasteiger partial charge in [-0.05, 0) is 31.6 Å². The van der Waals surface area contributed by atoms with Crippen molar-refractivity contribution in [2.45, 2.75) is 38.2 Å². The summed E-state index contributed by atoms with van der Waals surface area (Å²) in [6.45, 7) is 6.71. The molecule has 0 unspecified atom stereocenters. The molecule has 0 atom stereocenters. The molecule has 2 aromatic rings. The van der Waals surface area contributed by atoms with Crippen LogP contribution in [0.25, 0.3) is 0 Å². The molecule has 2 aromatic carbocycles. The Morgan fingerprint density at radius 3 is 1.89 bits per heavy atom. The van der Waals surface area contributed by atoms with Gasteiger partial charge in [-0.15, -0.1) is 0 Å². The number of quaternary nitrogens is 1. The summed E-state index contributed by atoms with van der Waals surface area (Å²) >= 11 is 0. The monoisotopic (exact) mass is 427 g/mol. The standard InChI is InChI=1S/C24H30NO.BrH/c1-2-18-25(19-10-5-11-20-25)21-12-17-24(26,22-13-6-3-7-14-22)23-15-8-4-9-16-23;/h3-4,6-9,13-16,26H,2,5,10-11,18-21H2,1H3;1H/q+1;/p-1. The second-order valence-electron chi connectivity index (χ2n) is 7.48. The van der Waals surface area contributed by atoms with Gasteiger partial charge in [-0.1, -0.05) is 73.5 Å². The molecule has 0 spiro atoms. The highest BCUT2D eigenvalue weighted by Crippen LogP contribution is 2.29. The van der Waals surface area contributed by atoms with Gasteiger partial charge in [0.15, 0.2) is 5.60 Å². The Morgan fingerprint density at radius 2 is 1.41 bits per heavy atom. The van der Waals surface area contributed by atoms with Gasteiger partial charge in [0, 0.05) is 11.1 Å². The van der Waals surface area contributed by atoms with Crippen LogP contribution in [0.1, 0.15) is 43.7 Å². The summed E-state index contributed by atoms with van der Waals surface area (Å²) in [5, 5.41) is 11.5. The number of likely N-dealkylation sites (tertiary alicyclic amines) is 1. The first-order valence-electron chi connectivity index (χ1n) is 9.87. The van der Waals surface area contributed by atoms with Crippen molar-refractivity contribution < 1.29 is 26.6 Å². The van der Waals surface area contributed by atoms with Gasteiger partial charge in [0.25, 0.3) is 0 Å². The normalized spacial score (nSPS) is 15.9. The number of rotatable bonds is 5. The van der Waals surface area contributed by atoms with Crippen molar-refractivity contribution in [2.24, 2.45) is 0 Å². The van der Waals surface area contributed by atoms with Gasteiger partial charge in [0.05, 0.1) is 19.6 Å². The van der Waals surface area contributed by atoms with Crippen LogP contribution < -0.4 is 17.0 Å². The first-order valence-corrected chi connectivity index (χ1v) is 9.87. The summed E-state index contributed by atoms with van der Waals surface area (Å²) in [6.07, 6.45) is 5.12. The lowest BCUT2D eigenvalue weighted by Crippen LogP contribution is -3.00. The van der Waals surface area contributed by atoms with Gasteiger partial charge in [0.1, 0.15) is 6.54 Å². The number of benzene rings is 2. The lowest BCUT2D eigenvalue weighted by molar-refractivity contribution is -0.926. The fourth-order valence-corrected chi connectivity index (χ4v) is 4.12. The van der Waals surface area contributed by atoms with Crippen molar-refractivity contribution in [1.82, 2.24) is 0 Å². The number of hydrogen-bond donors (Lipinski definition) is 1. The van der Waals surface area contributed by atoms with Gasteiger partial charge < -0.3 is 26.6 Å². The van der Waals surface area contributed by atoms with Crippen LogP contribution >= 0.6 is 0 Å². The average molecular weight is 428 g/mol. The molecule has 1 fully saturated rings. The Balaban J connectivity index is 0.00000261. The Labute approximate surface area is 174 Å². The highest BCUT2D eigenvalue weighted by molar-refractivity contribution is 5.44. The first kappa shape index (κ1) is 21.7. The molecule has 3 heteroatoms. The molecule has 27 heavy (non-hydrogen) atoms. The van der Waals surface area contributed by atoms with Crippen molar-refractivity contribution >= 4 is 0 Å². The van der Waals surface area contributed by atoms with Crippen LogP contribution in [-0.4, -0.2) is 35.8 Å². The molecule has 1 saturated heterocycles. The Kier molecular flexibility index (Phi) is 8.10. The van der Waals surface area contributed by atoms with Gasteiger partial charge >= 0.3 is 0 Å². The molecule has 1 heterocycles. The number of halogens is 1. The largest absolute Gasteiger partial charge is 1.00 e. The molecule has 3 rings (SSSR count). The fourth-order valence-electron chi connectivity index (χ4n) is 4.12. The van der Waals surface area contributed by atoms with E-state index in [2.05, 4.69) is 18.8 Å². The van der Waals surface area contributed by atoms with Crippen LogP contribution in [0.15, 0.2) is 60.7 Å². The predicted octanol–water partition coefficient (Wildman–Crippen LogP) is 1.34. The second-order valence-corrected chi connectivity index (χ2v) is 7.48. The molecule has 0 aliphatic carbocycles. The number of hydrogen-bond acceptors (Lipinski definition) is 1. The molecule has 0 amide bonds. The zero-order valence-electron chi connectivity index (χ0n) is 16.2. The van der Waals surface area contributed by atoms with Crippen LogP contribution in [-0.2, 0) is 5.60 Å². The number of nitrogens with zero attached hydrogens (tertiary/aromatic N) is 1. The average Bonchev–Trinajstić information content (AvgIpc) is 2.70. The molecule has 0 aromatic heterocycles. The van der Waals surface area contributed by atoms with E-state index in [-0.39, 0.29) is 17.0 Å². The van der Waals surface area contributed by atoms with E-state index in [1.807, 2.05) is 60.7 Å². The summed E-state index contributed by atoms with van der Waals surface area (Å²) < 4.78 is 1.09. The quantitative estimate of drug-likeness (QED) is 0.563. The van der Waals surface area contributed by atoms with Crippen molar-refractivity contribution in [2.75, 3.05) is 26.2 Å². The molecule has 0 radical (unpaired) electrons. The Morgan fingerprint density at radius 1 is 0.889 bits per heavy atom. The summed E-state index contributed by atoms with van der Waals surface area (Å²) in [6, 6.07) is 19.6. The minimum absolute atomic E-state index is 0. The van der Waals surface area contributed by atoms with Crippen molar-refractivity contribution in [3.63, 3.8) is 0 Å². The maximum absolute atomic E-state index is 11.5. The number of piperidine rings is 1. The first-order chi connectivity index (χ1) is 12.7. The highest BCUT2D eigenvalue weighted by atomic mass is 79.9. The van der Waals surface area contributed by atoms with E-state index in [1.165, 1.54) is 45.3 Å². The maximum Gasteiger partial charge on any atom is 0.177 e. The summed E-state index contributed by atoms with van der Waals surface area (Å²) in [5.41, 5.74) is 0.410. The molecule has 0 bridgehead atoms. The van der Waals surface area contributed by atoms with Crippen LogP contribution in [0, 0.1) is 11.8 Å². The van der Waals surface area contributed by atoms with E-state index in [0.717, 1.165) is 22.2 Å². The molecule has 1 N–H and O–H groups in total. The van der Waals surface area contributed by atoms with Gasteiger partial charge in [-0.25, -0.2) is 0 Å². The van der Waals surface area contributed by atoms with E-state index >= 15 is 0 Å². The zero-order chi connectivity index (χ0) is 18.3. The third-order valence-corrected chi connectivity index (χ3v) is 5.53. The van der Waals surface area contributed by atoms with E-state index in [9.17, 15) is 5.11 Å².